The number of rotatable bonds is 1. The van der Waals surface area contributed by atoms with Crippen LogP contribution < -0.4 is 9.64 Å². The molecule has 0 fully saturated rings. The molecule has 5 nitrogen and oxygen atoms in total. The maximum Gasteiger partial charge on any atom is 0.264 e. The minimum Gasteiger partial charge on any atom is -0.482 e. The molecule has 110 valence electrons. The molecule has 4 rings (SSSR count). The number of ether oxygens (including phenoxy) is 1. The van der Waals surface area contributed by atoms with Crippen LogP contribution in [0, 0.1) is 0 Å². The lowest BCUT2D eigenvalue weighted by Crippen LogP contribution is -2.35. The van der Waals surface area contributed by atoms with Crippen molar-refractivity contribution in [3.05, 3.63) is 47.2 Å². The zero-order chi connectivity index (χ0) is 15.3. The molecule has 1 aliphatic rings. The maximum atomic E-state index is 11.8. The Labute approximate surface area is 135 Å². The van der Waals surface area contributed by atoms with Crippen LogP contribution in [0.3, 0.4) is 0 Å². The highest BCUT2D eigenvalue weighted by molar-refractivity contribution is 9.10. The van der Waals surface area contributed by atoms with E-state index in [9.17, 15) is 4.79 Å². The van der Waals surface area contributed by atoms with Gasteiger partial charge in [-0.3, -0.25) is 4.79 Å². The summed E-state index contributed by atoms with van der Waals surface area (Å²) in [5, 5.41) is 0. The standard InChI is InChI=1S/C16H12BrN3O2/c1-19-13-6-10(2-4-14(13)22-9-16(19)21)12-8-20-7-11(17)3-5-15(20)18-12/h2-8H,9H2,1H3. The summed E-state index contributed by atoms with van der Waals surface area (Å²) in [5.41, 5.74) is 3.44. The van der Waals surface area contributed by atoms with Gasteiger partial charge in [0.2, 0.25) is 0 Å². The van der Waals surface area contributed by atoms with Gasteiger partial charge in [0, 0.05) is 29.5 Å². The number of hydrogen-bond acceptors (Lipinski definition) is 3. The topological polar surface area (TPSA) is 46.8 Å². The summed E-state index contributed by atoms with van der Waals surface area (Å²) >= 11 is 3.45. The van der Waals surface area contributed by atoms with Gasteiger partial charge in [-0.1, -0.05) is 0 Å². The zero-order valence-corrected chi connectivity index (χ0v) is 13.4. The smallest absolute Gasteiger partial charge is 0.264 e. The Morgan fingerprint density at radius 1 is 1.23 bits per heavy atom. The normalized spacial score (nSPS) is 14.1. The van der Waals surface area contributed by atoms with Crippen molar-refractivity contribution in [2.24, 2.45) is 0 Å². The molecule has 1 aliphatic heterocycles. The molecule has 0 saturated carbocycles. The minimum absolute atomic E-state index is 0.0522. The molecule has 0 unspecified atom stereocenters. The summed E-state index contributed by atoms with van der Waals surface area (Å²) in [6.07, 6.45) is 3.93. The summed E-state index contributed by atoms with van der Waals surface area (Å²) in [7, 11) is 1.76. The third kappa shape index (κ3) is 2.07. The van der Waals surface area contributed by atoms with E-state index in [0.29, 0.717) is 0 Å². The highest BCUT2D eigenvalue weighted by atomic mass is 79.9. The number of carbonyl (C=O) groups excluding carboxylic acids is 1. The van der Waals surface area contributed by atoms with Crippen LogP contribution in [0.1, 0.15) is 0 Å². The molecule has 1 amide bonds. The molecule has 2 aromatic heterocycles. The number of halogens is 1. The summed E-state index contributed by atoms with van der Waals surface area (Å²) in [4.78, 5) is 18.0. The Hall–Kier alpha value is -2.34. The average Bonchev–Trinajstić information content (AvgIpc) is 2.94. The Bertz CT molecular complexity index is 904. The van der Waals surface area contributed by atoms with Crippen molar-refractivity contribution in [3.63, 3.8) is 0 Å². The largest absolute Gasteiger partial charge is 0.482 e. The molecule has 0 bridgehead atoms. The van der Waals surface area contributed by atoms with Gasteiger partial charge in [-0.15, -0.1) is 0 Å². The van der Waals surface area contributed by atoms with E-state index in [1.54, 1.807) is 11.9 Å². The van der Waals surface area contributed by atoms with Crippen LogP contribution in [0.5, 0.6) is 5.75 Å². The fourth-order valence-electron chi connectivity index (χ4n) is 2.54. The number of fused-ring (bicyclic) bond motifs is 2. The van der Waals surface area contributed by atoms with Gasteiger partial charge in [0.05, 0.1) is 11.4 Å². The molecule has 0 spiro atoms. The lowest BCUT2D eigenvalue weighted by molar-refractivity contribution is -0.120. The molecule has 0 radical (unpaired) electrons. The first-order valence-electron chi connectivity index (χ1n) is 6.80. The molecule has 0 atom stereocenters. The molecule has 3 aromatic rings. The fourth-order valence-corrected chi connectivity index (χ4v) is 2.89. The Kier molecular flexibility index (Phi) is 2.94. The van der Waals surface area contributed by atoms with E-state index in [4.69, 9.17) is 4.74 Å². The Morgan fingerprint density at radius 2 is 2.09 bits per heavy atom. The van der Waals surface area contributed by atoms with E-state index in [1.165, 1.54) is 0 Å². The summed E-state index contributed by atoms with van der Waals surface area (Å²) in [6, 6.07) is 9.68. The van der Waals surface area contributed by atoms with Gasteiger partial charge in [-0.25, -0.2) is 4.98 Å². The van der Waals surface area contributed by atoms with Crippen LogP contribution in [0.15, 0.2) is 47.2 Å². The van der Waals surface area contributed by atoms with E-state index in [1.807, 2.05) is 47.1 Å². The molecule has 0 aliphatic carbocycles. The number of nitrogens with zero attached hydrogens (tertiary/aromatic N) is 3. The van der Waals surface area contributed by atoms with E-state index < -0.39 is 0 Å². The molecule has 0 saturated heterocycles. The first-order chi connectivity index (χ1) is 10.6. The summed E-state index contributed by atoms with van der Waals surface area (Å²) in [6.45, 7) is 0.0885. The van der Waals surface area contributed by atoms with Gasteiger partial charge in [0.1, 0.15) is 11.4 Å². The lowest BCUT2D eigenvalue weighted by atomic mass is 10.1. The van der Waals surface area contributed by atoms with E-state index in [2.05, 4.69) is 20.9 Å². The maximum absolute atomic E-state index is 11.8. The van der Waals surface area contributed by atoms with Crippen LogP contribution in [0.4, 0.5) is 5.69 Å². The Balaban J connectivity index is 1.83. The third-order valence-electron chi connectivity index (χ3n) is 3.76. The number of amides is 1. The highest BCUT2D eigenvalue weighted by Crippen LogP contribution is 2.35. The minimum atomic E-state index is -0.0522. The molecular formula is C16H12BrN3O2. The summed E-state index contributed by atoms with van der Waals surface area (Å²) in [5.74, 6) is 0.668. The lowest BCUT2D eigenvalue weighted by Gasteiger charge is -2.26. The van der Waals surface area contributed by atoms with Crippen molar-refractivity contribution in [1.82, 2.24) is 9.38 Å². The SMILES string of the molecule is CN1C(=O)COc2ccc(-c3cn4cc(Br)ccc4n3)cc21. The quantitative estimate of drug-likeness (QED) is 0.672. The van der Waals surface area contributed by atoms with Crippen molar-refractivity contribution in [3.8, 4) is 17.0 Å². The molecule has 1 aromatic carbocycles. The van der Waals surface area contributed by atoms with Crippen molar-refractivity contribution in [1.29, 1.82) is 0 Å². The number of carbonyl (C=O) groups is 1. The third-order valence-corrected chi connectivity index (χ3v) is 4.23. The zero-order valence-electron chi connectivity index (χ0n) is 11.8. The predicted octanol–water partition coefficient (Wildman–Crippen LogP) is 3.12. The monoisotopic (exact) mass is 357 g/mol. The van der Waals surface area contributed by atoms with Gasteiger partial charge in [0.15, 0.2) is 6.61 Å². The van der Waals surface area contributed by atoms with Crippen LogP contribution in [0.25, 0.3) is 16.9 Å². The number of anilines is 1. The van der Waals surface area contributed by atoms with E-state index in [-0.39, 0.29) is 12.5 Å². The first kappa shape index (κ1) is 13.3. The van der Waals surface area contributed by atoms with Gasteiger partial charge in [-0.2, -0.15) is 0 Å². The van der Waals surface area contributed by atoms with Crippen LogP contribution >= 0.6 is 15.9 Å². The fraction of sp³-hybridized carbons (Fsp3) is 0.125. The van der Waals surface area contributed by atoms with Crippen LogP contribution in [-0.2, 0) is 4.79 Å². The molecular weight excluding hydrogens is 346 g/mol. The van der Waals surface area contributed by atoms with Gasteiger partial charge in [-0.05, 0) is 46.3 Å². The predicted molar refractivity (Wildman–Crippen MR) is 87.2 cm³/mol. The van der Waals surface area contributed by atoms with Crippen LogP contribution in [-0.4, -0.2) is 28.9 Å². The molecule has 3 heterocycles. The first-order valence-corrected chi connectivity index (χ1v) is 7.59. The van der Waals surface area contributed by atoms with Gasteiger partial charge in [0.25, 0.3) is 5.91 Å². The summed E-state index contributed by atoms with van der Waals surface area (Å²) < 4.78 is 8.40. The van der Waals surface area contributed by atoms with Crippen molar-refractivity contribution < 1.29 is 9.53 Å². The second-order valence-electron chi connectivity index (χ2n) is 5.16. The van der Waals surface area contributed by atoms with Gasteiger partial charge < -0.3 is 14.0 Å². The van der Waals surface area contributed by atoms with Crippen molar-refractivity contribution in [2.75, 3.05) is 18.6 Å². The average molecular weight is 358 g/mol. The van der Waals surface area contributed by atoms with Crippen molar-refractivity contribution in [2.45, 2.75) is 0 Å². The highest BCUT2D eigenvalue weighted by Gasteiger charge is 2.22. The molecule has 0 N–H and O–H groups in total. The van der Waals surface area contributed by atoms with Crippen LogP contribution in [0.2, 0.25) is 0 Å². The van der Waals surface area contributed by atoms with Crippen molar-refractivity contribution >= 4 is 33.2 Å². The number of imidazole rings is 1. The number of benzene rings is 1. The number of likely N-dealkylation sites (N-methyl/N-ethyl adjacent to an activating group) is 1. The molecule has 6 heteroatoms. The Morgan fingerprint density at radius 3 is 2.95 bits per heavy atom. The second-order valence-corrected chi connectivity index (χ2v) is 6.08. The van der Waals surface area contributed by atoms with Gasteiger partial charge >= 0.3 is 0 Å². The van der Waals surface area contributed by atoms with E-state index in [0.717, 1.165) is 32.8 Å². The second kappa shape index (κ2) is 4.84. The number of hydrogen-bond donors (Lipinski definition) is 0. The number of pyridine rings is 1. The van der Waals surface area contributed by atoms with E-state index >= 15 is 0 Å². The molecule has 22 heavy (non-hydrogen) atoms. The number of aromatic nitrogens is 2.